The van der Waals surface area contributed by atoms with Crippen LogP contribution in [0.5, 0.6) is 0 Å². The summed E-state index contributed by atoms with van der Waals surface area (Å²) in [4.78, 5) is 31.0. The molecule has 1 atom stereocenters. The first-order valence-corrected chi connectivity index (χ1v) is 10.4. The highest BCUT2D eigenvalue weighted by molar-refractivity contribution is 8.00. The Morgan fingerprint density at radius 2 is 1.74 bits per heavy atom. The van der Waals surface area contributed by atoms with Gasteiger partial charge >= 0.3 is 0 Å². The molecule has 4 nitrogen and oxygen atoms in total. The van der Waals surface area contributed by atoms with Gasteiger partial charge in [-0.15, -0.1) is 0 Å². The van der Waals surface area contributed by atoms with Gasteiger partial charge in [0.25, 0.3) is 5.56 Å². The van der Waals surface area contributed by atoms with E-state index >= 15 is 0 Å². The average Bonchev–Trinajstić information content (AvgIpc) is 3.53. The molecule has 2 aromatic carbocycles. The van der Waals surface area contributed by atoms with E-state index in [0.717, 1.165) is 43.2 Å². The minimum Gasteiger partial charge on any atom is -0.293 e. The van der Waals surface area contributed by atoms with Crippen LogP contribution in [-0.4, -0.2) is 20.6 Å². The summed E-state index contributed by atoms with van der Waals surface area (Å²) in [7, 11) is 0. The number of fused-ring (bicyclic) bond motifs is 2. The Bertz CT molecular complexity index is 1100. The van der Waals surface area contributed by atoms with Crippen molar-refractivity contribution in [2.24, 2.45) is 0 Å². The summed E-state index contributed by atoms with van der Waals surface area (Å²) in [6.45, 7) is 0. The van der Waals surface area contributed by atoms with E-state index < -0.39 is 0 Å². The summed E-state index contributed by atoms with van der Waals surface area (Å²) in [6, 6.07) is 15.6. The van der Waals surface area contributed by atoms with Crippen LogP contribution in [0.4, 0.5) is 0 Å². The summed E-state index contributed by atoms with van der Waals surface area (Å²) < 4.78 is 1.83. The lowest BCUT2D eigenvalue weighted by Crippen LogP contribution is -2.25. The highest BCUT2D eigenvalue weighted by Gasteiger charge is 2.32. The van der Waals surface area contributed by atoms with E-state index in [9.17, 15) is 9.59 Å². The molecule has 2 aliphatic carbocycles. The maximum atomic E-state index is 13.2. The van der Waals surface area contributed by atoms with Gasteiger partial charge in [0.15, 0.2) is 10.9 Å². The van der Waals surface area contributed by atoms with E-state index in [1.54, 1.807) is 0 Å². The van der Waals surface area contributed by atoms with E-state index in [-0.39, 0.29) is 22.6 Å². The molecule has 0 aliphatic heterocycles. The molecule has 3 aromatic rings. The Morgan fingerprint density at radius 3 is 2.59 bits per heavy atom. The SMILES string of the molecule is O=C1c2ccccc2CCCC1Sc1nc2ccccc2c(=O)n1C1CC1. The second kappa shape index (κ2) is 6.64. The van der Waals surface area contributed by atoms with Gasteiger partial charge in [0, 0.05) is 11.6 Å². The predicted octanol–water partition coefficient (Wildman–Crippen LogP) is 4.41. The monoisotopic (exact) mass is 376 g/mol. The number of carbonyl (C=O) groups excluding carboxylic acids is 1. The van der Waals surface area contributed by atoms with Gasteiger partial charge in [0.1, 0.15) is 0 Å². The van der Waals surface area contributed by atoms with Gasteiger partial charge in [-0.2, -0.15) is 0 Å². The van der Waals surface area contributed by atoms with E-state index in [0.29, 0.717) is 16.1 Å². The van der Waals surface area contributed by atoms with Gasteiger partial charge in [-0.05, 0) is 49.8 Å². The molecule has 0 N–H and O–H groups in total. The van der Waals surface area contributed by atoms with E-state index in [1.807, 2.05) is 47.0 Å². The Morgan fingerprint density at radius 1 is 0.963 bits per heavy atom. The van der Waals surface area contributed by atoms with Crippen molar-refractivity contribution >= 4 is 28.4 Å². The zero-order valence-electron chi connectivity index (χ0n) is 14.9. The normalized spacial score (nSPS) is 19.7. The molecule has 27 heavy (non-hydrogen) atoms. The van der Waals surface area contributed by atoms with Crippen LogP contribution in [0.2, 0.25) is 0 Å². The molecule has 0 bridgehead atoms. The lowest BCUT2D eigenvalue weighted by Gasteiger charge is -2.17. The number of benzene rings is 2. The molecule has 1 aromatic heterocycles. The average molecular weight is 376 g/mol. The highest BCUT2D eigenvalue weighted by Crippen LogP contribution is 2.39. The van der Waals surface area contributed by atoms with Crippen molar-refractivity contribution in [2.75, 3.05) is 0 Å². The van der Waals surface area contributed by atoms with Gasteiger partial charge in [0.2, 0.25) is 0 Å². The van der Waals surface area contributed by atoms with Gasteiger partial charge in [-0.1, -0.05) is 48.2 Å². The van der Waals surface area contributed by atoms with Crippen molar-refractivity contribution < 1.29 is 4.79 Å². The van der Waals surface area contributed by atoms with Crippen molar-refractivity contribution in [3.63, 3.8) is 0 Å². The van der Waals surface area contributed by atoms with E-state index in [2.05, 4.69) is 6.07 Å². The standard InChI is InChI=1S/C22H20N2O2S/c25-20-16-8-2-1-6-14(16)7-5-11-19(20)27-22-23-18-10-4-3-9-17(18)21(26)24(22)15-12-13-15/h1-4,6,8-10,15,19H,5,7,11-13H2. The smallest absolute Gasteiger partial charge is 0.262 e. The van der Waals surface area contributed by atoms with Gasteiger partial charge in [-0.25, -0.2) is 4.98 Å². The Hall–Kier alpha value is -2.40. The van der Waals surface area contributed by atoms with Crippen LogP contribution in [0.3, 0.4) is 0 Å². The second-order valence-corrected chi connectivity index (χ2v) is 8.51. The first-order chi connectivity index (χ1) is 13.2. The van der Waals surface area contributed by atoms with Gasteiger partial charge in [0.05, 0.1) is 16.2 Å². The Kier molecular flexibility index (Phi) is 4.12. The van der Waals surface area contributed by atoms with Crippen molar-refractivity contribution in [3.05, 3.63) is 70.0 Å². The molecule has 5 heteroatoms. The number of rotatable bonds is 3. The largest absolute Gasteiger partial charge is 0.293 e. The molecular weight excluding hydrogens is 356 g/mol. The number of hydrogen-bond donors (Lipinski definition) is 0. The molecular formula is C22H20N2O2S. The second-order valence-electron chi connectivity index (χ2n) is 7.34. The molecule has 0 spiro atoms. The molecule has 1 fully saturated rings. The summed E-state index contributed by atoms with van der Waals surface area (Å²) >= 11 is 1.48. The van der Waals surface area contributed by atoms with Crippen LogP contribution in [0, 0.1) is 0 Å². The van der Waals surface area contributed by atoms with E-state index in [4.69, 9.17) is 4.98 Å². The predicted molar refractivity (Wildman–Crippen MR) is 108 cm³/mol. The zero-order chi connectivity index (χ0) is 18.4. The first kappa shape index (κ1) is 16.8. The molecule has 1 saturated carbocycles. The molecule has 0 radical (unpaired) electrons. The fourth-order valence-corrected chi connectivity index (χ4v) is 5.13. The topological polar surface area (TPSA) is 52.0 Å². The summed E-state index contributed by atoms with van der Waals surface area (Å²) in [5.41, 5.74) is 2.70. The van der Waals surface area contributed by atoms with Gasteiger partial charge < -0.3 is 0 Å². The molecule has 2 aliphatic rings. The van der Waals surface area contributed by atoms with Crippen LogP contribution in [0.25, 0.3) is 10.9 Å². The summed E-state index contributed by atoms with van der Waals surface area (Å²) in [6.07, 6.45) is 4.73. The van der Waals surface area contributed by atoms with Crippen LogP contribution in [0.1, 0.15) is 47.6 Å². The maximum Gasteiger partial charge on any atom is 0.262 e. The Labute approximate surface area is 161 Å². The van der Waals surface area contributed by atoms with Crippen LogP contribution in [-0.2, 0) is 6.42 Å². The van der Waals surface area contributed by atoms with Gasteiger partial charge in [-0.3, -0.25) is 14.2 Å². The highest BCUT2D eigenvalue weighted by atomic mass is 32.2. The van der Waals surface area contributed by atoms with Crippen LogP contribution < -0.4 is 5.56 Å². The van der Waals surface area contributed by atoms with Crippen LogP contribution >= 0.6 is 11.8 Å². The van der Waals surface area contributed by atoms with Crippen molar-refractivity contribution in [3.8, 4) is 0 Å². The van der Waals surface area contributed by atoms with Crippen molar-refractivity contribution in [1.82, 2.24) is 9.55 Å². The van der Waals surface area contributed by atoms with Crippen molar-refractivity contribution in [1.29, 1.82) is 0 Å². The fourth-order valence-electron chi connectivity index (χ4n) is 3.86. The number of para-hydroxylation sites is 1. The fraction of sp³-hybridized carbons (Fsp3) is 0.318. The molecule has 0 saturated heterocycles. The molecule has 5 rings (SSSR count). The number of Topliss-reactive ketones (excluding diaryl/α,β-unsaturated/α-hetero) is 1. The molecule has 1 heterocycles. The third kappa shape index (κ3) is 3.00. The maximum absolute atomic E-state index is 13.2. The lowest BCUT2D eigenvalue weighted by atomic mass is 10.0. The number of aromatic nitrogens is 2. The quantitative estimate of drug-likeness (QED) is 0.502. The summed E-state index contributed by atoms with van der Waals surface area (Å²) in [5, 5.41) is 1.16. The number of hydrogen-bond acceptors (Lipinski definition) is 4. The van der Waals surface area contributed by atoms with E-state index in [1.165, 1.54) is 11.8 Å². The minimum atomic E-state index is -0.188. The Balaban J connectivity index is 1.57. The van der Waals surface area contributed by atoms with Crippen LogP contribution in [0.15, 0.2) is 58.5 Å². The number of thioether (sulfide) groups is 1. The molecule has 136 valence electrons. The molecule has 0 amide bonds. The molecule has 1 unspecified atom stereocenters. The minimum absolute atomic E-state index is 0.0204. The summed E-state index contributed by atoms with van der Waals surface area (Å²) in [5.74, 6) is 0.165. The number of aryl methyl sites for hydroxylation is 1. The van der Waals surface area contributed by atoms with Crippen molar-refractivity contribution in [2.45, 2.75) is 48.6 Å². The lowest BCUT2D eigenvalue weighted by molar-refractivity contribution is 0.0988. The third-order valence-electron chi connectivity index (χ3n) is 5.42. The third-order valence-corrected chi connectivity index (χ3v) is 6.66. The number of ketones is 1. The number of nitrogens with zero attached hydrogens (tertiary/aromatic N) is 2. The zero-order valence-corrected chi connectivity index (χ0v) is 15.7. The number of carbonyl (C=O) groups is 1. The first-order valence-electron chi connectivity index (χ1n) is 9.52.